The molecule has 0 spiro atoms. The minimum Gasteiger partial charge on any atom is -0.494 e. The third-order valence-electron chi connectivity index (χ3n) is 3.20. The quantitative estimate of drug-likeness (QED) is 0.820. The van der Waals surface area contributed by atoms with E-state index in [2.05, 4.69) is 5.32 Å². The Kier molecular flexibility index (Phi) is 5.48. The van der Waals surface area contributed by atoms with Gasteiger partial charge in [0.25, 0.3) is 0 Å². The molecule has 4 heteroatoms. The lowest BCUT2D eigenvalue weighted by atomic mass is 10.2. The first-order valence-corrected chi connectivity index (χ1v) is 6.97. The van der Waals surface area contributed by atoms with E-state index in [1.807, 2.05) is 38.2 Å². The van der Waals surface area contributed by atoms with Crippen molar-refractivity contribution in [3.63, 3.8) is 0 Å². The lowest BCUT2D eigenvalue weighted by molar-refractivity contribution is 0.0193. The number of hydrogen-bond donors (Lipinski definition) is 1. The maximum absolute atomic E-state index is 5.87. The lowest BCUT2D eigenvalue weighted by Gasteiger charge is -2.14. The zero-order valence-corrected chi connectivity index (χ0v) is 11.7. The number of benzene rings is 1. The minimum atomic E-state index is 0.213. The van der Waals surface area contributed by atoms with Gasteiger partial charge in [0, 0.05) is 6.54 Å². The van der Waals surface area contributed by atoms with Crippen LogP contribution in [0.2, 0.25) is 0 Å². The molecular formula is C15H23NO3. The topological polar surface area (TPSA) is 39.7 Å². The summed E-state index contributed by atoms with van der Waals surface area (Å²) in [6.45, 7) is 4.19. The van der Waals surface area contributed by atoms with Gasteiger partial charge in [-0.1, -0.05) is 0 Å². The molecule has 1 aromatic rings. The summed E-state index contributed by atoms with van der Waals surface area (Å²) in [4.78, 5) is 0. The molecule has 1 aromatic carbocycles. The number of nitrogens with one attached hydrogen (secondary N) is 1. The number of rotatable bonds is 7. The van der Waals surface area contributed by atoms with Crippen LogP contribution in [0.5, 0.6) is 11.5 Å². The molecule has 1 heterocycles. The first kappa shape index (κ1) is 14.2. The molecule has 2 unspecified atom stereocenters. The highest BCUT2D eigenvalue weighted by Crippen LogP contribution is 2.22. The normalized spacial score (nSPS) is 22.4. The van der Waals surface area contributed by atoms with Gasteiger partial charge < -0.3 is 19.5 Å². The van der Waals surface area contributed by atoms with Crippen LogP contribution in [0.1, 0.15) is 19.8 Å². The van der Waals surface area contributed by atoms with Crippen LogP contribution in [0, 0.1) is 0 Å². The van der Waals surface area contributed by atoms with E-state index in [4.69, 9.17) is 14.2 Å². The summed E-state index contributed by atoms with van der Waals surface area (Å²) in [5.74, 6) is 1.74. The Morgan fingerprint density at radius 3 is 2.37 bits per heavy atom. The summed E-state index contributed by atoms with van der Waals surface area (Å²) in [5, 5.41) is 3.14. The molecule has 0 aliphatic carbocycles. The summed E-state index contributed by atoms with van der Waals surface area (Å²) < 4.78 is 17.0. The number of hydrogen-bond acceptors (Lipinski definition) is 4. The molecule has 0 aromatic heterocycles. The van der Waals surface area contributed by atoms with Gasteiger partial charge in [-0.05, 0) is 51.1 Å². The summed E-state index contributed by atoms with van der Waals surface area (Å²) >= 11 is 0. The molecule has 1 fully saturated rings. The first-order valence-electron chi connectivity index (χ1n) is 6.97. The second kappa shape index (κ2) is 7.36. The van der Waals surface area contributed by atoms with E-state index in [1.54, 1.807) is 0 Å². The molecule has 1 N–H and O–H groups in total. The van der Waals surface area contributed by atoms with Crippen LogP contribution in [-0.4, -0.2) is 39.0 Å². The monoisotopic (exact) mass is 265 g/mol. The molecule has 1 aliphatic heterocycles. The predicted molar refractivity (Wildman–Crippen MR) is 74.9 cm³/mol. The van der Waals surface area contributed by atoms with Crippen molar-refractivity contribution in [1.29, 1.82) is 0 Å². The fraction of sp³-hybridized carbons (Fsp3) is 0.600. The fourth-order valence-corrected chi connectivity index (χ4v) is 2.27. The van der Waals surface area contributed by atoms with Crippen LogP contribution in [0.15, 0.2) is 24.3 Å². The molecule has 2 atom stereocenters. The van der Waals surface area contributed by atoms with Gasteiger partial charge >= 0.3 is 0 Å². The molecular weight excluding hydrogens is 242 g/mol. The van der Waals surface area contributed by atoms with Crippen LogP contribution in [0.3, 0.4) is 0 Å². The average molecular weight is 265 g/mol. The van der Waals surface area contributed by atoms with Crippen molar-refractivity contribution in [2.24, 2.45) is 0 Å². The second-order valence-electron chi connectivity index (χ2n) is 4.73. The highest BCUT2D eigenvalue weighted by atomic mass is 16.5. The van der Waals surface area contributed by atoms with Gasteiger partial charge in [0.2, 0.25) is 0 Å². The Hall–Kier alpha value is -1.26. The molecule has 0 amide bonds. The van der Waals surface area contributed by atoms with E-state index in [1.165, 1.54) is 0 Å². The van der Waals surface area contributed by atoms with Crippen molar-refractivity contribution >= 4 is 0 Å². The van der Waals surface area contributed by atoms with Crippen LogP contribution >= 0.6 is 0 Å². The smallest absolute Gasteiger partial charge is 0.119 e. The number of likely N-dealkylation sites (N-methyl/N-ethyl adjacent to an activating group) is 1. The van der Waals surface area contributed by atoms with Crippen molar-refractivity contribution in [1.82, 2.24) is 5.32 Å². The lowest BCUT2D eigenvalue weighted by Crippen LogP contribution is -2.25. The predicted octanol–water partition coefficient (Wildman–Crippen LogP) is 2.23. The van der Waals surface area contributed by atoms with Crippen LogP contribution in [0.4, 0.5) is 0 Å². The van der Waals surface area contributed by atoms with E-state index in [9.17, 15) is 0 Å². The maximum Gasteiger partial charge on any atom is 0.119 e. The van der Waals surface area contributed by atoms with E-state index in [-0.39, 0.29) is 6.10 Å². The summed E-state index contributed by atoms with van der Waals surface area (Å²) in [6.07, 6.45) is 2.73. The highest BCUT2D eigenvalue weighted by Gasteiger charge is 2.24. The second-order valence-corrected chi connectivity index (χ2v) is 4.73. The zero-order valence-electron chi connectivity index (χ0n) is 11.7. The van der Waals surface area contributed by atoms with Gasteiger partial charge in [0.05, 0.1) is 18.8 Å². The molecule has 0 bridgehead atoms. The Morgan fingerprint density at radius 1 is 1.11 bits per heavy atom. The Bertz CT molecular complexity index is 366. The third-order valence-corrected chi connectivity index (χ3v) is 3.20. The van der Waals surface area contributed by atoms with Crippen molar-refractivity contribution in [2.45, 2.75) is 32.0 Å². The van der Waals surface area contributed by atoms with E-state index in [0.717, 1.165) is 30.9 Å². The van der Waals surface area contributed by atoms with Crippen molar-refractivity contribution in [3.05, 3.63) is 24.3 Å². The standard InChI is InChI=1S/C15H23NO3/c1-3-17-12-4-6-13(7-5-12)18-11-15-9-8-14(19-15)10-16-2/h4-7,14-16H,3,8-11H2,1-2H3. The summed E-state index contributed by atoms with van der Waals surface area (Å²) in [6, 6.07) is 7.73. The Labute approximate surface area is 115 Å². The first-order chi connectivity index (χ1) is 9.31. The molecule has 0 radical (unpaired) electrons. The Balaban J connectivity index is 1.73. The zero-order chi connectivity index (χ0) is 13.5. The molecule has 0 saturated carbocycles. The maximum atomic E-state index is 5.87. The van der Waals surface area contributed by atoms with E-state index < -0.39 is 0 Å². The summed E-state index contributed by atoms with van der Waals surface area (Å²) in [5.41, 5.74) is 0. The molecule has 19 heavy (non-hydrogen) atoms. The van der Waals surface area contributed by atoms with E-state index in [0.29, 0.717) is 19.3 Å². The van der Waals surface area contributed by atoms with Gasteiger partial charge in [-0.3, -0.25) is 0 Å². The third kappa shape index (κ3) is 4.40. The Morgan fingerprint density at radius 2 is 1.74 bits per heavy atom. The van der Waals surface area contributed by atoms with Crippen molar-refractivity contribution in [2.75, 3.05) is 26.8 Å². The fourth-order valence-electron chi connectivity index (χ4n) is 2.27. The van der Waals surface area contributed by atoms with Gasteiger partial charge in [-0.25, -0.2) is 0 Å². The van der Waals surface area contributed by atoms with Gasteiger partial charge in [-0.2, -0.15) is 0 Å². The highest BCUT2D eigenvalue weighted by molar-refractivity contribution is 5.31. The van der Waals surface area contributed by atoms with Crippen molar-refractivity contribution in [3.8, 4) is 11.5 Å². The minimum absolute atomic E-state index is 0.213. The van der Waals surface area contributed by atoms with Crippen molar-refractivity contribution < 1.29 is 14.2 Å². The van der Waals surface area contributed by atoms with Gasteiger partial charge in [0.15, 0.2) is 0 Å². The van der Waals surface area contributed by atoms with E-state index >= 15 is 0 Å². The molecule has 2 rings (SSSR count). The number of ether oxygens (including phenoxy) is 3. The van der Waals surface area contributed by atoms with Gasteiger partial charge in [0.1, 0.15) is 18.1 Å². The molecule has 1 aliphatic rings. The molecule has 4 nitrogen and oxygen atoms in total. The SMILES string of the molecule is CCOc1ccc(OCC2CCC(CNC)O2)cc1. The molecule has 1 saturated heterocycles. The largest absolute Gasteiger partial charge is 0.494 e. The van der Waals surface area contributed by atoms with Crippen LogP contribution in [0.25, 0.3) is 0 Å². The average Bonchev–Trinajstić information content (AvgIpc) is 2.87. The van der Waals surface area contributed by atoms with Crippen LogP contribution < -0.4 is 14.8 Å². The molecule has 106 valence electrons. The van der Waals surface area contributed by atoms with Crippen LogP contribution in [-0.2, 0) is 4.74 Å². The summed E-state index contributed by atoms with van der Waals surface area (Å²) in [7, 11) is 1.95. The van der Waals surface area contributed by atoms with Gasteiger partial charge in [-0.15, -0.1) is 0 Å².